The monoisotopic (exact) mass is 340 g/mol. The van der Waals surface area contributed by atoms with Crippen LogP contribution in [-0.4, -0.2) is 37.2 Å². The maximum atomic E-state index is 12.3. The fraction of sp³-hybridized carbons (Fsp3) is 0.222. The maximum Gasteiger partial charge on any atom is 0.340 e. The van der Waals surface area contributed by atoms with E-state index in [9.17, 15) is 14.4 Å². The third kappa shape index (κ3) is 3.46. The molecule has 1 heterocycles. The van der Waals surface area contributed by atoms with E-state index in [1.165, 1.54) is 20.3 Å². The molecule has 0 fully saturated rings. The molecular formula is C18H16N2O5. The van der Waals surface area contributed by atoms with Crippen LogP contribution in [0.5, 0.6) is 0 Å². The van der Waals surface area contributed by atoms with Crippen LogP contribution < -0.4 is 0 Å². The number of aliphatic imine (C=N–C) groups is 1. The molecule has 128 valence electrons. The number of esters is 2. The fourth-order valence-corrected chi connectivity index (χ4v) is 2.60. The number of ether oxygens (including phenoxy) is 2. The topological polar surface area (TPSA) is 94.9 Å². The van der Waals surface area contributed by atoms with Gasteiger partial charge < -0.3 is 9.47 Å². The average molecular weight is 340 g/mol. The van der Waals surface area contributed by atoms with Gasteiger partial charge in [-0.25, -0.2) is 14.4 Å². The summed E-state index contributed by atoms with van der Waals surface area (Å²) in [4.78, 5) is 42.7. The normalized spacial score (nSPS) is 9.92. The summed E-state index contributed by atoms with van der Waals surface area (Å²) < 4.78 is 9.70. The summed E-state index contributed by atoms with van der Waals surface area (Å²) in [6.07, 6.45) is 1.46. The summed E-state index contributed by atoms with van der Waals surface area (Å²) >= 11 is 0. The lowest BCUT2D eigenvalue weighted by Crippen LogP contribution is -2.16. The largest absolute Gasteiger partial charge is 0.465 e. The minimum absolute atomic E-state index is 0.181. The molecule has 0 saturated carbocycles. The van der Waals surface area contributed by atoms with Crippen molar-refractivity contribution in [3.05, 3.63) is 46.8 Å². The SMILES string of the molecule is COC(=O)c1c(C)nc(C)c(C(=O)OC)c1-c1ccc(N=C=O)cc1. The van der Waals surface area contributed by atoms with Gasteiger partial charge in [0.1, 0.15) is 0 Å². The molecule has 1 aromatic carbocycles. The molecule has 0 N–H and O–H groups in total. The lowest BCUT2D eigenvalue weighted by molar-refractivity contribution is 0.0599. The van der Waals surface area contributed by atoms with Crippen LogP contribution in [0, 0.1) is 13.8 Å². The molecule has 1 aromatic heterocycles. The van der Waals surface area contributed by atoms with Crippen LogP contribution in [0.4, 0.5) is 5.69 Å². The molecule has 0 aliphatic rings. The van der Waals surface area contributed by atoms with Crippen LogP contribution in [0.15, 0.2) is 29.3 Å². The number of pyridine rings is 1. The Morgan fingerprint density at radius 1 is 0.960 bits per heavy atom. The number of methoxy groups -OCH3 is 2. The van der Waals surface area contributed by atoms with Gasteiger partial charge in [-0.3, -0.25) is 4.98 Å². The molecule has 0 atom stereocenters. The van der Waals surface area contributed by atoms with Crippen molar-refractivity contribution < 1.29 is 23.9 Å². The Bertz CT molecular complexity index is 841. The Morgan fingerprint density at radius 3 is 1.84 bits per heavy atom. The molecule has 7 heteroatoms. The number of hydrogen-bond donors (Lipinski definition) is 0. The van der Waals surface area contributed by atoms with E-state index < -0.39 is 11.9 Å². The quantitative estimate of drug-likeness (QED) is 0.482. The van der Waals surface area contributed by atoms with Crippen LogP contribution in [0.3, 0.4) is 0 Å². The van der Waals surface area contributed by atoms with E-state index in [-0.39, 0.29) is 11.1 Å². The van der Waals surface area contributed by atoms with Crippen molar-refractivity contribution in [2.45, 2.75) is 13.8 Å². The van der Waals surface area contributed by atoms with Crippen LogP contribution in [0.25, 0.3) is 11.1 Å². The summed E-state index contributed by atoms with van der Waals surface area (Å²) in [5.74, 6) is -1.22. The zero-order valence-electron chi connectivity index (χ0n) is 14.2. The molecule has 0 unspecified atom stereocenters. The number of carbonyl (C=O) groups is 2. The van der Waals surface area contributed by atoms with Gasteiger partial charge in [-0.1, -0.05) is 12.1 Å². The highest BCUT2D eigenvalue weighted by Gasteiger charge is 2.27. The number of benzene rings is 1. The third-order valence-electron chi connectivity index (χ3n) is 3.67. The first kappa shape index (κ1) is 18.0. The van der Waals surface area contributed by atoms with Gasteiger partial charge in [0, 0.05) is 5.56 Å². The van der Waals surface area contributed by atoms with Crippen LogP contribution >= 0.6 is 0 Å². The number of aryl methyl sites for hydroxylation is 2. The summed E-state index contributed by atoms with van der Waals surface area (Å²) in [7, 11) is 2.51. The first-order valence-corrected chi connectivity index (χ1v) is 7.30. The van der Waals surface area contributed by atoms with Gasteiger partial charge in [0.2, 0.25) is 6.08 Å². The molecule has 2 aromatic rings. The van der Waals surface area contributed by atoms with Gasteiger partial charge in [0.25, 0.3) is 0 Å². The maximum absolute atomic E-state index is 12.3. The van der Waals surface area contributed by atoms with Gasteiger partial charge in [0.15, 0.2) is 0 Å². The first-order valence-electron chi connectivity index (χ1n) is 7.30. The minimum atomic E-state index is -0.611. The number of isocyanates is 1. The molecule has 0 amide bonds. The summed E-state index contributed by atoms with van der Waals surface area (Å²) in [5.41, 5.74) is 2.56. The molecule has 0 saturated heterocycles. The first-order chi connectivity index (χ1) is 11.9. The highest BCUT2D eigenvalue weighted by molar-refractivity contribution is 6.07. The third-order valence-corrected chi connectivity index (χ3v) is 3.67. The number of rotatable bonds is 4. The second-order valence-electron chi connectivity index (χ2n) is 5.14. The van der Waals surface area contributed by atoms with Crippen molar-refractivity contribution in [2.24, 2.45) is 4.99 Å². The van der Waals surface area contributed by atoms with E-state index >= 15 is 0 Å². The van der Waals surface area contributed by atoms with Crippen LogP contribution in [-0.2, 0) is 14.3 Å². The zero-order valence-corrected chi connectivity index (χ0v) is 14.2. The molecule has 0 aliphatic carbocycles. The fourth-order valence-electron chi connectivity index (χ4n) is 2.60. The molecule has 0 radical (unpaired) electrons. The molecule has 0 aliphatic heterocycles. The molecular weight excluding hydrogens is 324 g/mol. The van der Waals surface area contributed by atoms with Crippen molar-refractivity contribution in [3.63, 3.8) is 0 Å². The van der Waals surface area contributed by atoms with Gasteiger partial charge >= 0.3 is 11.9 Å². The number of carbonyl (C=O) groups excluding carboxylic acids is 3. The standard InChI is InChI=1S/C18H16N2O5/c1-10-14(17(22)24-3)16(15(11(2)20-10)18(23)25-4)12-5-7-13(8-6-12)19-9-21/h5-8H,1-4H3. The molecule has 25 heavy (non-hydrogen) atoms. The second-order valence-corrected chi connectivity index (χ2v) is 5.14. The molecule has 0 bridgehead atoms. The van der Waals surface area contributed by atoms with E-state index in [1.54, 1.807) is 38.1 Å². The van der Waals surface area contributed by atoms with Crippen molar-refractivity contribution in [2.75, 3.05) is 14.2 Å². The van der Waals surface area contributed by atoms with Crippen LogP contribution in [0.2, 0.25) is 0 Å². The van der Waals surface area contributed by atoms with E-state index in [0.717, 1.165) is 0 Å². The van der Waals surface area contributed by atoms with Crippen molar-refractivity contribution in [1.82, 2.24) is 4.98 Å². The number of aromatic nitrogens is 1. The van der Waals surface area contributed by atoms with Gasteiger partial charge in [-0.15, -0.1) is 0 Å². The van der Waals surface area contributed by atoms with Crippen molar-refractivity contribution >= 4 is 23.7 Å². The van der Waals surface area contributed by atoms with E-state index in [0.29, 0.717) is 28.2 Å². The van der Waals surface area contributed by atoms with E-state index in [2.05, 4.69) is 9.98 Å². The predicted octanol–water partition coefficient (Wildman–Crippen LogP) is 2.91. The zero-order chi connectivity index (χ0) is 18.6. The highest BCUT2D eigenvalue weighted by Crippen LogP contribution is 2.33. The molecule has 0 spiro atoms. The van der Waals surface area contributed by atoms with Crippen molar-refractivity contribution in [3.8, 4) is 11.1 Å². The number of hydrogen-bond acceptors (Lipinski definition) is 7. The Hall–Kier alpha value is -3.31. The van der Waals surface area contributed by atoms with Crippen molar-refractivity contribution in [1.29, 1.82) is 0 Å². The Labute approximate surface area is 144 Å². The van der Waals surface area contributed by atoms with Gasteiger partial charge in [-0.05, 0) is 31.5 Å². The van der Waals surface area contributed by atoms with E-state index in [4.69, 9.17) is 9.47 Å². The summed E-state index contributed by atoms with van der Waals surface area (Å²) in [5, 5.41) is 0. The smallest absolute Gasteiger partial charge is 0.340 e. The molecule has 2 rings (SSSR count). The van der Waals surface area contributed by atoms with Gasteiger partial charge in [0.05, 0.1) is 42.4 Å². The highest BCUT2D eigenvalue weighted by atomic mass is 16.5. The Kier molecular flexibility index (Phi) is 5.41. The summed E-state index contributed by atoms with van der Waals surface area (Å²) in [6, 6.07) is 6.44. The Balaban J connectivity index is 2.85. The molecule has 7 nitrogen and oxygen atoms in total. The lowest BCUT2D eigenvalue weighted by atomic mass is 9.92. The number of nitrogens with zero attached hydrogens (tertiary/aromatic N) is 2. The average Bonchev–Trinajstić information content (AvgIpc) is 2.61. The minimum Gasteiger partial charge on any atom is -0.465 e. The lowest BCUT2D eigenvalue weighted by Gasteiger charge is -2.17. The Morgan fingerprint density at radius 2 is 1.44 bits per heavy atom. The van der Waals surface area contributed by atoms with Crippen LogP contribution in [0.1, 0.15) is 32.1 Å². The van der Waals surface area contributed by atoms with Gasteiger partial charge in [-0.2, -0.15) is 4.99 Å². The predicted molar refractivity (Wildman–Crippen MR) is 89.6 cm³/mol. The van der Waals surface area contributed by atoms with E-state index in [1.807, 2.05) is 0 Å². The second kappa shape index (κ2) is 7.51. The summed E-state index contributed by atoms with van der Waals surface area (Å²) in [6.45, 7) is 3.32.